The van der Waals surface area contributed by atoms with Gasteiger partial charge in [0.1, 0.15) is 0 Å². The van der Waals surface area contributed by atoms with Crippen LogP contribution in [0, 0.1) is 17.2 Å². The van der Waals surface area contributed by atoms with Gasteiger partial charge in [-0.3, -0.25) is 0 Å². The third-order valence-electron chi connectivity index (χ3n) is 5.23. The minimum absolute atomic E-state index is 0.370. The van der Waals surface area contributed by atoms with Crippen LogP contribution in [0.4, 0.5) is 0 Å². The van der Waals surface area contributed by atoms with Gasteiger partial charge in [0.2, 0.25) is 0 Å². The minimum Gasteiger partial charge on any atom is -0.498 e. The van der Waals surface area contributed by atoms with E-state index in [1.54, 1.807) is 0 Å². The number of nitriles is 1. The van der Waals surface area contributed by atoms with Gasteiger partial charge < -0.3 is 4.74 Å². The smallest absolute Gasteiger partial charge is 0.0991 e. The van der Waals surface area contributed by atoms with Gasteiger partial charge in [0.15, 0.2) is 0 Å². The van der Waals surface area contributed by atoms with Gasteiger partial charge in [-0.2, -0.15) is 5.26 Å². The van der Waals surface area contributed by atoms with E-state index >= 15 is 0 Å². The van der Waals surface area contributed by atoms with Crippen LogP contribution in [0.2, 0.25) is 0 Å². The van der Waals surface area contributed by atoms with Gasteiger partial charge in [-0.05, 0) is 80.6 Å². The van der Waals surface area contributed by atoms with Crippen LogP contribution in [-0.2, 0) is 4.74 Å². The van der Waals surface area contributed by atoms with Crippen molar-refractivity contribution in [1.29, 1.82) is 5.26 Å². The molecule has 0 spiro atoms. The highest BCUT2D eigenvalue weighted by Gasteiger charge is 2.24. The van der Waals surface area contributed by atoms with E-state index in [0.29, 0.717) is 12.0 Å². The van der Waals surface area contributed by atoms with E-state index in [1.807, 2.05) is 18.4 Å². The molecule has 2 nitrogen and oxygen atoms in total. The number of unbranched alkanes of at least 4 members (excludes halogenated alkanes) is 1. The SMILES string of the molecule is CCCC=COC(CC)CC1CCC(c2ccc(C#N)cc2)CC1. The molecule has 1 unspecified atom stereocenters. The molecule has 1 aromatic carbocycles. The van der Waals surface area contributed by atoms with Crippen LogP contribution in [0.15, 0.2) is 36.6 Å². The summed E-state index contributed by atoms with van der Waals surface area (Å²) in [4.78, 5) is 0. The lowest BCUT2D eigenvalue weighted by molar-refractivity contribution is 0.102. The Balaban J connectivity index is 1.77. The van der Waals surface area contributed by atoms with E-state index in [0.717, 1.165) is 24.3 Å². The zero-order valence-electron chi connectivity index (χ0n) is 15.2. The maximum absolute atomic E-state index is 8.91. The first-order chi connectivity index (χ1) is 11.8. The molecule has 1 aromatic rings. The standard InChI is InChI=1S/C22H31NO/c1-3-5-6-15-24-22(4-2)16-18-7-11-20(12-8-18)21-13-9-19(17-23)10-14-21/h6,9-10,13-15,18,20,22H,3-5,7-8,11-12,16H2,1-2H3. The van der Waals surface area contributed by atoms with Gasteiger partial charge in [-0.1, -0.05) is 32.4 Å². The Morgan fingerprint density at radius 2 is 1.88 bits per heavy atom. The van der Waals surface area contributed by atoms with Crippen molar-refractivity contribution in [2.24, 2.45) is 5.92 Å². The second kappa shape index (κ2) is 10.2. The number of benzene rings is 1. The van der Waals surface area contributed by atoms with E-state index < -0.39 is 0 Å². The third kappa shape index (κ3) is 5.71. The fourth-order valence-electron chi connectivity index (χ4n) is 3.65. The Labute approximate surface area is 147 Å². The molecular weight excluding hydrogens is 294 g/mol. The molecular formula is C22H31NO. The molecule has 0 radical (unpaired) electrons. The van der Waals surface area contributed by atoms with Crippen LogP contribution in [0.5, 0.6) is 0 Å². The Kier molecular flexibility index (Phi) is 7.89. The van der Waals surface area contributed by atoms with Crippen molar-refractivity contribution < 1.29 is 4.74 Å². The molecule has 1 atom stereocenters. The number of hydrogen-bond acceptors (Lipinski definition) is 2. The van der Waals surface area contributed by atoms with Gasteiger partial charge in [0.05, 0.1) is 24.0 Å². The number of nitrogens with zero attached hydrogens (tertiary/aromatic N) is 1. The third-order valence-corrected chi connectivity index (χ3v) is 5.23. The summed E-state index contributed by atoms with van der Waals surface area (Å²) in [5, 5.41) is 8.91. The summed E-state index contributed by atoms with van der Waals surface area (Å²) in [5.41, 5.74) is 2.16. The maximum Gasteiger partial charge on any atom is 0.0991 e. The lowest BCUT2D eigenvalue weighted by atomic mass is 9.76. The van der Waals surface area contributed by atoms with Gasteiger partial charge >= 0.3 is 0 Å². The molecule has 0 amide bonds. The number of allylic oxidation sites excluding steroid dienone is 1. The number of ether oxygens (including phenoxy) is 1. The topological polar surface area (TPSA) is 33.0 Å². The van der Waals surface area contributed by atoms with Crippen LogP contribution < -0.4 is 0 Å². The van der Waals surface area contributed by atoms with E-state index in [9.17, 15) is 0 Å². The molecule has 1 fully saturated rings. The molecule has 0 heterocycles. The van der Waals surface area contributed by atoms with Crippen LogP contribution in [0.25, 0.3) is 0 Å². The molecule has 0 aliphatic heterocycles. The maximum atomic E-state index is 8.91. The Morgan fingerprint density at radius 1 is 1.17 bits per heavy atom. The summed E-state index contributed by atoms with van der Waals surface area (Å²) < 4.78 is 5.92. The molecule has 2 heteroatoms. The molecule has 0 bridgehead atoms. The minimum atomic E-state index is 0.370. The highest BCUT2D eigenvalue weighted by Crippen LogP contribution is 2.38. The molecule has 1 saturated carbocycles. The van der Waals surface area contributed by atoms with Gasteiger partial charge in [-0.15, -0.1) is 0 Å². The molecule has 0 saturated heterocycles. The van der Waals surface area contributed by atoms with E-state index in [2.05, 4.69) is 38.1 Å². The van der Waals surface area contributed by atoms with Gasteiger partial charge in [-0.25, -0.2) is 0 Å². The van der Waals surface area contributed by atoms with Crippen molar-refractivity contribution in [3.05, 3.63) is 47.7 Å². The molecule has 24 heavy (non-hydrogen) atoms. The number of hydrogen-bond donors (Lipinski definition) is 0. The van der Waals surface area contributed by atoms with Gasteiger partial charge in [0, 0.05) is 0 Å². The lowest BCUT2D eigenvalue weighted by Crippen LogP contribution is -2.19. The molecule has 0 aromatic heterocycles. The fourth-order valence-corrected chi connectivity index (χ4v) is 3.65. The first-order valence-electron chi connectivity index (χ1n) is 9.57. The zero-order chi connectivity index (χ0) is 17.2. The van der Waals surface area contributed by atoms with Crippen molar-refractivity contribution in [2.45, 2.75) is 77.2 Å². The summed E-state index contributed by atoms with van der Waals surface area (Å²) in [6.45, 7) is 4.41. The van der Waals surface area contributed by atoms with Crippen molar-refractivity contribution in [2.75, 3.05) is 0 Å². The summed E-state index contributed by atoms with van der Waals surface area (Å²) in [6.07, 6.45) is 14.1. The average Bonchev–Trinajstić information content (AvgIpc) is 2.65. The second-order valence-corrected chi connectivity index (χ2v) is 7.01. The average molecular weight is 325 g/mol. The van der Waals surface area contributed by atoms with E-state index in [1.165, 1.54) is 44.1 Å². The molecule has 1 aliphatic carbocycles. The quantitative estimate of drug-likeness (QED) is 0.523. The largest absolute Gasteiger partial charge is 0.498 e. The Bertz CT molecular complexity index is 532. The Hall–Kier alpha value is -1.75. The van der Waals surface area contributed by atoms with Crippen LogP contribution in [0.3, 0.4) is 0 Å². The molecule has 1 aliphatic rings. The summed E-state index contributed by atoms with van der Waals surface area (Å²) in [5.74, 6) is 1.46. The normalized spacial score (nSPS) is 22.2. The molecule has 0 N–H and O–H groups in total. The van der Waals surface area contributed by atoms with Crippen molar-refractivity contribution in [3.63, 3.8) is 0 Å². The fraction of sp³-hybridized carbons (Fsp3) is 0.591. The highest BCUT2D eigenvalue weighted by atomic mass is 16.5. The van der Waals surface area contributed by atoms with E-state index in [-0.39, 0.29) is 0 Å². The first kappa shape index (κ1) is 18.6. The van der Waals surface area contributed by atoms with E-state index in [4.69, 9.17) is 10.00 Å². The summed E-state index contributed by atoms with van der Waals surface area (Å²) >= 11 is 0. The Morgan fingerprint density at radius 3 is 2.46 bits per heavy atom. The van der Waals surface area contributed by atoms with Crippen LogP contribution in [0.1, 0.15) is 82.3 Å². The number of rotatable bonds is 8. The van der Waals surface area contributed by atoms with Crippen molar-refractivity contribution >= 4 is 0 Å². The molecule has 2 rings (SSSR count). The van der Waals surface area contributed by atoms with Gasteiger partial charge in [0.25, 0.3) is 0 Å². The monoisotopic (exact) mass is 325 g/mol. The highest BCUT2D eigenvalue weighted by molar-refractivity contribution is 5.33. The summed E-state index contributed by atoms with van der Waals surface area (Å²) in [6, 6.07) is 10.4. The predicted octanol–water partition coefficient (Wildman–Crippen LogP) is 6.33. The lowest BCUT2D eigenvalue weighted by Gasteiger charge is -2.30. The predicted molar refractivity (Wildman–Crippen MR) is 99.7 cm³/mol. The van der Waals surface area contributed by atoms with Crippen molar-refractivity contribution in [3.8, 4) is 6.07 Å². The van der Waals surface area contributed by atoms with Crippen molar-refractivity contribution in [1.82, 2.24) is 0 Å². The second-order valence-electron chi connectivity index (χ2n) is 7.01. The summed E-state index contributed by atoms with van der Waals surface area (Å²) in [7, 11) is 0. The first-order valence-corrected chi connectivity index (χ1v) is 9.57. The zero-order valence-corrected chi connectivity index (χ0v) is 15.2. The van der Waals surface area contributed by atoms with Crippen LogP contribution >= 0.6 is 0 Å². The van der Waals surface area contributed by atoms with Crippen LogP contribution in [-0.4, -0.2) is 6.10 Å². The molecule has 130 valence electrons.